The number of hydrogen-bond donors (Lipinski definition) is 2. The SMILES string of the molecule is O=Cc1cccc(OC(F)F)c1[C@H]1C[C@@H](NC(=O)O)c2nc3ccc(Cl)cc3n21. The summed E-state index contributed by atoms with van der Waals surface area (Å²) in [5.74, 6) is 0.249. The predicted octanol–water partition coefficient (Wildman–Crippen LogP) is 4.41. The van der Waals surface area contributed by atoms with Crippen molar-refractivity contribution in [3.63, 3.8) is 0 Å². The van der Waals surface area contributed by atoms with Gasteiger partial charge in [-0.15, -0.1) is 0 Å². The molecule has 150 valence electrons. The molecule has 0 saturated heterocycles. The summed E-state index contributed by atoms with van der Waals surface area (Å²) < 4.78 is 32.3. The van der Waals surface area contributed by atoms with E-state index < -0.39 is 24.8 Å². The molecule has 7 nitrogen and oxygen atoms in total. The third kappa shape index (κ3) is 3.38. The van der Waals surface area contributed by atoms with Crippen LogP contribution in [0.1, 0.15) is 40.3 Å². The standard InChI is InChI=1S/C19H14ClF2N3O4/c20-10-4-5-11-13(6-10)25-14(7-12(17(25)23-11)24-19(27)28)16-9(8-26)2-1-3-15(16)29-18(21)22/h1-6,8,12,14,18,24H,7H2,(H,27,28)/t12-,14-/m1/s1. The second-order valence-corrected chi connectivity index (χ2v) is 6.92. The summed E-state index contributed by atoms with van der Waals surface area (Å²) in [7, 11) is 0. The Morgan fingerprint density at radius 3 is 2.86 bits per heavy atom. The zero-order chi connectivity index (χ0) is 20.7. The number of ether oxygens (including phenoxy) is 1. The van der Waals surface area contributed by atoms with Gasteiger partial charge >= 0.3 is 12.7 Å². The van der Waals surface area contributed by atoms with Crippen molar-refractivity contribution >= 4 is 35.0 Å². The Balaban J connectivity index is 1.95. The molecule has 0 fully saturated rings. The lowest BCUT2D eigenvalue weighted by Gasteiger charge is -2.20. The maximum Gasteiger partial charge on any atom is 0.405 e. The molecule has 1 aliphatic rings. The van der Waals surface area contributed by atoms with Crippen LogP contribution in [0.4, 0.5) is 13.6 Å². The summed E-state index contributed by atoms with van der Waals surface area (Å²) in [4.78, 5) is 27.4. The first-order valence-corrected chi connectivity index (χ1v) is 8.96. The summed E-state index contributed by atoms with van der Waals surface area (Å²) in [6, 6.07) is 7.88. The lowest BCUT2D eigenvalue weighted by molar-refractivity contribution is -0.0507. The zero-order valence-corrected chi connectivity index (χ0v) is 15.4. The van der Waals surface area contributed by atoms with Crippen LogP contribution < -0.4 is 10.1 Å². The van der Waals surface area contributed by atoms with Gasteiger partial charge in [-0.25, -0.2) is 9.78 Å². The monoisotopic (exact) mass is 421 g/mol. The van der Waals surface area contributed by atoms with Crippen molar-refractivity contribution in [2.24, 2.45) is 0 Å². The van der Waals surface area contributed by atoms with Crippen LogP contribution in [0, 0.1) is 0 Å². The molecule has 3 aromatic rings. The molecule has 2 N–H and O–H groups in total. The molecule has 1 amide bonds. The minimum absolute atomic E-state index is 0.152. The first-order valence-electron chi connectivity index (χ1n) is 8.58. The van der Waals surface area contributed by atoms with Crippen molar-refractivity contribution in [2.45, 2.75) is 25.1 Å². The second-order valence-electron chi connectivity index (χ2n) is 6.48. The Labute approximate surface area is 167 Å². The first-order chi connectivity index (χ1) is 13.9. The van der Waals surface area contributed by atoms with E-state index in [4.69, 9.17) is 11.6 Å². The van der Waals surface area contributed by atoms with Crippen LogP contribution in [-0.4, -0.2) is 33.6 Å². The Hall–Kier alpha value is -3.20. The fourth-order valence-electron chi connectivity index (χ4n) is 3.83. The molecule has 0 radical (unpaired) electrons. The number of nitrogens with zero attached hydrogens (tertiary/aromatic N) is 2. The number of imidazole rings is 1. The number of benzene rings is 2. The van der Waals surface area contributed by atoms with Gasteiger partial charge < -0.3 is 19.7 Å². The van der Waals surface area contributed by atoms with Gasteiger partial charge in [-0.3, -0.25) is 4.79 Å². The van der Waals surface area contributed by atoms with E-state index in [9.17, 15) is 23.5 Å². The molecular weight excluding hydrogens is 408 g/mol. The number of nitrogens with one attached hydrogen (secondary N) is 1. The van der Waals surface area contributed by atoms with Gasteiger partial charge in [-0.05, 0) is 24.3 Å². The van der Waals surface area contributed by atoms with Crippen LogP contribution in [-0.2, 0) is 0 Å². The van der Waals surface area contributed by atoms with Gasteiger partial charge in [0.15, 0.2) is 6.29 Å². The normalized spacial score (nSPS) is 18.1. The Morgan fingerprint density at radius 2 is 2.17 bits per heavy atom. The molecule has 10 heteroatoms. The van der Waals surface area contributed by atoms with Crippen molar-refractivity contribution in [1.82, 2.24) is 14.9 Å². The maximum atomic E-state index is 13.0. The molecule has 0 saturated carbocycles. The molecule has 1 aromatic heterocycles. The van der Waals surface area contributed by atoms with Gasteiger partial charge in [-0.1, -0.05) is 23.7 Å². The van der Waals surface area contributed by atoms with E-state index in [2.05, 4.69) is 15.0 Å². The average molecular weight is 422 g/mol. The molecule has 2 heterocycles. The number of alkyl halides is 2. The fourth-order valence-corrected chi connectivity index (χ4v) is 4.00. The highest BCUT2D eigenvalue weighted by molar-refractivity contribution is 6.31. The van der Waals surface area contributed by atoms with Gasteiger partial charge in [0.05, 0.1) is 23.1 Å². The highest BCUT2D eigenvalue weighted by Gasteiger charge is 2.38. The number of aromatic nitrogens is 2. The summed E-state index contributed by atoms with van der Waals surface area (Å²) in [5, 5.41) is 12.0. The third-order valence-corrected chi connectivity index (χ3v) is 5.07. The van der Waals surface area contributed by atoms with Crippen LogP contribution >= 0.6 is 11.6 Å². The Morgan fingerprint density at radius 1 is 1.38 bits per heavy atom. The first kappa shape index (κ1) is 19.1. The van der Waals surface area contributed by atoms with Crippen LogP contribution in [0.2, 0.25) is 5.02 Å². The highest BCUT2D eigenvalue weighted by Crippen LogP contribution is 2.45. The second kappa shape index (κ2) is 7.32. The molecule has 29 heavy (non-hydrogen) atoms. The smallest absolute Gasteiger partial charge is 0.405 e. The molecule has 0 bridgehead atoms. The molecular formula is C19H14ClF2N3O4. The van der Waals surface area contributed by atoms with Crippen LogP contribution in [0.5, 0.6) is 5.75 Å². The number of carboxylic acid groups (broad SMARTS) is 1. The number of fused-ring (bicyclic) bond motifs is 3. The lowest BCUT2D eigenvalue weighted by atomic mass is 9.96. The van der Waals surface area contributed by atoms with E-state index in [0.717, 1.165) is 0 Å². The predicted molar refractivity (Wildman–Crippen MR) is 99.9 cm³/mol. The minimum Gasteiger partial charge on any atom is -0.465 e. The third-order valence-electron chi connectivity index (χ3n) is 4.83. The van der Waals surface area contributed by atoms with Gasteiger partial charge in [-0.2, -0.15) is 8.78 Å². The van der Waals surface area contributed by atoms with Crippen LogP contribution in [0.3, 0.4) is 0 Å². The van der Waals surface area contributed by atoms with E-state index in [0.29, 0.717) is 28.2 Å². The highest BCUT2D eigenvalue weighted by atomic mass is 35.5. The van der Waals surface area contributed by atoms with Gasteiger partial charge in [0.1, 0.15) is 11.6 Å². The quantitative estimate of drug-likeness (QED) is 0.595. The van der Waals surface area contributed by atoms with E-state index >= 15 is 0 Å². The molecule has 1 aliphatic heterocycles. The molecule has 0 spiro atoms. The van der Waals surface area contributed by atoms with E-state index in [1.165, 1.54) is 18.2 Å². The van der Waals surface area contributed by atoms with Crippen molar-refractivity contribution in [2.75, 3.05) is 0 Å². The van der Waals surface area contributed by atoms with Crippen molar-refractivity contribution in [3.05, 3.63) is 58.4 Å². The van der Waals surface area contributed by atoms with E-state index in [-0.39, 0.29) is 23.3 Å². The number of rotatable bonds is 5. The van der Waals surface area contributed by atoms with Gasteiger partial charge in [0.25, 0.3) is 0 Å². The van der Waals surface area contributed by atoms with Crippen molar-refractivity contribution in [1.29, 1.82) is 0 Å². The van der Waals surface area contributed by atoms with E-state index in [1.807, 2.05) is 0 Å². The summed E-state index contributed by atoms with van der Waals surface area (Å²) in [6.45, 7) is -3.08. The minimum atomic E-state index is -3.08. The number of halogens is 3. The molecule has 0 aliphatic carbocycles. The largest absolute Gasteiger partial charge is 0.465 e. The molecule has 2 aromatic carbocycles. The number of aldehydes is 1. The topological polar surface area (TPSA) is 93.4 Å². The molecule has 0 unspecified atom stereocenters. The van der Waals surface area contributed by atoms with Crippen molar-refractivity contribution < 1.29 is 28.2 Å². The Bertz CT molecular complexity index is 1120. The Kier molecular flexibility index (Phi) is 4.83. The zero-order valence-electron chi connectivity index (χ0n) is 14.7. The van der Waals surface area contributed by atoms with E-state index in [1.54, 1.807) is 22.8 Å². The molecule has 2 atom stereocenters. The number of carbonyl (C=O) groups excluding carboxylic acids is 1. The van der Waals surface area contributed by atoms with Crippen LogP contribution in [0.25, 0.3) is 11.0 Å². The lowest BCUT2D eigenvalue weighted by Crippen LogP contribution is -2.25. The van der Waals surface area contributed by atoms with Gasteiger partial charge in [0, 0.05) is 22.6 Å². The number of amides is 1. The maximum absolute atomic E-state index is 13.0. The number of carbonyl (C=O) groups is 2. The average Bonchev–Trinajstić information content (AvgIpc) is 3.18. The molecule has 4 rings (SSSR count). The summed E-state index contributed by atoms with van der Waals surface area (Å²) in [6.07, 6.45) is -0.529. The van der Waals surface area contributed by atoms with Crippen molar-refractivity contribution in [3.8, 4) is 5.75 Å². The van der Waals surface area contributed by atoms with Gasteiger partial charge in [0.2, 0.25) is 0 Å². The summed E-state index contributed by atoms with van der Waals surface area (Å²) in [5.41, 5.74) is 1.55. The summed E-state index contributed by atoms with van der Waals surface area (Å²) >= 11 is 6.12. The fraction of sp³-hybridized carbons (Fsp3) is 0.211. The number of hydrogen-bond acceptors (Lipinski definition) is 4. The van der Waals surface area contributed by atoms with Crippen LogP contribution in [0.15, 0.2) is 36.4 Å².